The normalized spacial score (nSPS) is 23.4. The number of benzene rings is 2. The van der Waals surface area contributed by atoms with Crippen LogP contribution in [-0.4, -0.2) is 42.1 Å². The molecule has 10 heteroatoms. The number of halogens is 1. The van der Waals surface area contributed by atoms with E-state index in [0.717, 1.165) is 30.5 Å². The molecule has 1 unspecified atom stereocenters. The Morgan fingerprint density at radius 2 is 1.83 bits per heavy atom. The average molecular weight is 501 g/mol. The number of sulfonamides is 1. The summed E-state index contributed by atoms with van der Waals surface area (Å²) in [7, 11) is -3.63. The molecule has 0 aliphatic carbocycles. The maximum atomic E-state index is 15.2. The zero-order valence-corrected chi connectivity index (χ0v) is 20.4. The SMILES string of the molecule is C[C@H]1CCC(c2ccccc2)S(=O)(=O)N1Cc1ccc(N2CCC(c3n[nH]c(=O)o3)CC2)cc1F. The van der Waals surface area contributed by atoms with Crippen LogP contribution in [-0.2, 0) is 16.6 Å². The first-order chi connectivity index (χ1) is 16.8. The summed E-state index contributed by atoms with van der Waals surface area (Å²) in [6.07, 6.45) is 2.76. The number of nitrogens with one attached hydrogen (secondary N) is 1. The molecular formula is C25H29FN4O4S. The van der Waals surface area contributed by atoms with Crippen molar-refractivity contribution >= 4 is 15.7 Å². The van der Waals surface area contributed by atoms with Crippen LogP contribution in [0.25, 0.3) is 0 Å². The largest absolute Gasteiger partial charge is 0.434 e. The Hall–Kier alpha value is -2.98. The molecule has 186 valence electrons. The summed E-state index contributed by atoms with van der Waals surface area (Å²) in [5.41, 5.74) is 1.90. The van der Waals surface area contributed by atoms with Crippen LogP contribution in [0.2, 0.25) is 0 Å². The number of hydrogen-bond acceptors (Lipinski definition) is 6. The molecule has 2 aromatic carbocycles. The molecule has 2 saturated heterocycles. The third-order valence-electron chi connectivity index (χ3n) is 7.22. The zero-order valence-electron chi connectivity index (χ0n) is 19.6. The van der Waals surface area contributed by atoms with Crippen molar-refractivity contribution in [3.63, 3.8) is 0 Å². The van der Waals surface area contributed by atoms with Gasteiger partial charge in [-0.15, -0.1) is 5.10 Å². The highest BCUT2D eigenvalue weighted by Gasteiger charge is 2.40. The molecule has 2 fully saturated rings. The Morgan fingerprint density at radius 3 is 2.49 bits per heavy atom. The van der Waals surface area contributed by atoms with E-state index in [1.54, 1.807) is 6.07 Å². The molecule has 0 amide bonds. The van der Waals surface area contributed by atoms with E-state index in [9.17, 15) is 13.2 Å². The second-order valence-corrected chi connectivity index (χ2v) is 11.5. The van der Waals surface area contributed by atoms with Crippen LogP contribution in [0, 0.1) is 5.82 Å². The van der Waals surface area contributed by atoms with Gasteiger partial charge in [-0.05, 0) is 50.3 Å². The van der Waals surface area contributed by atoms with Gasteiger partial charge in [-0.2, -0.15) is 4.31 Å². The van der Waals surface area contributed by atoms with Gasteiger partial charge in [0.15, 0.2) is 0 Å². The second kappa shape index (κ2) is 9.58. The molecule has 2 aliphatic rings. The first-order valence-corrected chi connectivity index (χ1v) is 13.5. The van der Waals surface area contributed by atoms with E-state index in [0.29, 0.717) is 31.0 Å². The Balaban J connectivity index is 1.29. The lowest BCUT2D eigenvalue weighted by atomic mass is 9.96. The van der Waals surface area contributed by atoms with Crippen LogP contribution in [0.5, 0.6) is 0 Å². The average Bonchev–Trinajstić information content (AvgIpc) is 3.29. The van der Waals surface area contributed by atoms with Crippen molar-refractivity contribution < 1.29 is 17.2 Å². The van der Waals surface area contributed by atoms with E-state index in [2.05, 4.69) is 15.1 Å². The highest BCUT2D eigenvalue weighted by molar-refractivity contribution is 7.89. The van der Waals surface area contributed by atoms with Crippen molar-refractivity contribution in [3.05, 3.63) is 81.9 Å². The minimum atomic E-state index is -3.63. The minimum absolute atomic E-state index is 0.0131. The number of aromatic nitrogens is 2. The number of hydrogen-bond donors (Lipinski definition) is 1. The summed E-state index contributed by atoms with van der Waals surface area (Å²) < 4.78 is 48.7. The summed E-state index contributed by atoms with van der Waals surface area (Å²) in [6, 6.07) is 14.1. The van der Waals surface area contributed by atoms with Crippen molar-refractivity contribution in [1.29, 1.82) is 0 Å². The van der Waals surface area contributed by atoms with Crippen molar-refractivity contribution in [2.45, 2.75) is 56.4 Å². The Kier molecular flexibility index (Phi) is 6.50. The number of piperidine rings is 1. The van der Waals surface area contributed by atoms with Crippen LogP contribution in [0.1, 0.15) is 60.8 Å². The quantitative estimate of drug-likeness (QED) is 0.570. The predicted molar refractivity (Wildman–Crippen MR) is 130 cm³/mol. The molecule has 35 heavy (non-hydrogen) atoms. The van der Waals surface area contributed by atoms with Gasteiger partial charge in [0.05, 0.1) is 0 Å². The van der Waals surface area contributed by atoms with Gasteiger partial charge in [0.25, 0.3) is 0 Å². The zero-order chi connectivity index (χ0) is 24.6. The Morgan fingerprint density at radius 1 is 1.09 bits per heavy atom. The fourth-order valence-electron chi connectivity index (χ4n) is 5.18. The van der Waals surface area contributed by atoms with Gasteiger partial charge in [-0.25, -0.2) is 22.7 Å². The monoisotopic (exact) mass is 500 g/mol. The Labute approximate surface area is 203 Å². The number of H-pyrrole nitrogens is 1. The van der Waals surface area contributed by atoms with E-state index in [4.69, 9.17) is 4.42 Å². The van der Waals surface area contributed by atoms with E-state index < -0.39 is 26.8 Å². The number of nitrogens with zero attached hydrogens (tertiary/aromatic N) is 3. The van der Waals surface area contributed by atoms with Gasteiger partial charge in [0, 0.05) is 42.8 Å². The second-order valence-electron chi connectivity index (χ2n) is 9.40. The molecular weight excluding hydrogens is 471 g/mol. The lowest BCUT2D eigenvalue weighted by molar-refractivity contribution is 0.279. The van der Waals surface area contributed by atoms with Crippen molar-refractivity contribution in [3.8, 4) is 0 Å². The van der Waals surface area contributed by atoms with Gasteiger partial charge in [-0.1, -0.05) is 36.4 Å². The van der Waals surface area contributed by atoms with Gasteiger partial charge in [0.2, 0.25) is 15.9 Å². The molecule has 3 heterocycles. The standard InChI is InChI=1S/C25H29FN4O4S/c1-17-7-10-23(18-5-3-2-4-6-18)35(32,33)30(17)16-20-8-9-21(15-22(20)26)29-13-11-19(12-14-29)24-27-28-25(31)34-24/h2-6,8-9,15,17,19,23H,7,10-14,16H2,1H3,(H,28,31)/t17-,23?/m0/s1. The van der Waals surface area contributed by atoms with Gasteiger partial charge in [0.1, 0.15) is 11.1 Å². The van der Waals surface area contributed by atoms with E-state index in [-0.39, 0.29) is 18.5 Å². The molecule has 1 N–H and O–H groups in total. The van der Waals surface area contributed by atoms with Crippen LogP contribution >= 0.6 is 0 Å². The summed E-state index contributed by atoms with van der Waals surface area (Å²) in [4.78, 5) is 13.3. The maximum Gasteiger partial charge on any atom is 0.434 e. The van der Waals surface area contributed by atoms with E-state index in [1.807, 2.05) is 43.3 Å². The van der Waals surface area contributed by atoms with Crippen LogP contribution < -0.4 is 10.7 Å². The lowest BCUT2D eigenvalue weighted by Crippen LogP contribution is -2.44. The van der Waals surface area contributed by atoms with Crippen molar-refractivity contribution in [1.82, 2.24) is 14.5 Å². The molecule has 0 spiro atoms. The summed E-state index contributed by atoms with van der Waals surface area (Å²) in [5, 5.41) is 5.61. The molecule has 1 aromatic heterocycles. The van der Waals surface area contributed by atoms with E-state index in [1.165, 1.54) is 10.4 Å². The molecule has 2 aliphatic heterocycles. The molecule has 8 nitrogen and oxygen atoms in total. The van der Waals surface area contributed by atoms with Crippen molar-refractivity contribution in [2.24, 2.45) is 0 Å². The fourth-order valence-corrected chi connectivity index (χ4v) is 7.37. The first kappa shape index (κ1) is 23.7. The summed E-state index contributed by atoms with van der Waals surface area (Å²) in [6.45, 7) is 3.25. The van der Waals surface area contributed by atoms with Crippen LogP contribution in [0.4, 0.5) is 10.1 Å². The number of rotatable bonds is 5. The minimum Gasteiger partial charge on any atom is -0.392 e. The summed E-state index contributed by atoms with van der Waals surface area (Å²) >= 11 is 0. The number of aromatic amines is 1. The van der Waals surface area contributed by atoms with Gasteiger partial charge >= 0.3 is 5.76 Å². The first-order valence-electron chi connectivity index (χ1n) is 12.0. The maximum absolute atomic E-state index is 15.2. The molecule has 0 bridgehead atoms. The van der Waals surface area contributed by atoms with Gasteiger partial charge in [-0.3, -0.25) is 0 Å². The van der Waals surface area contributed by atoms with Crippen molar-refractivity contribution in [2.75, 3.05) is 18.0 Å². The highest BCUT2D eigenvalue weighted by atomic mass is 32.2. The third-order valence-corrected chi connectivity index (χ3v) is 9.59. The molecule has 5 rings (SSSR count). The molecule has 0 saturated carbocycles. The van der Waals surface area contributed by atoms with Crippen LogP contribution in [0.3, 0.4) is 0 Å². The molecule has 3 aromatic rings. The van der Waals surface area contributed by atoms with E-state index >= 15 is 4.39 Å². The summed E-state index contributed by atoms with van der Waals surface area (Å²) in [5.74, 6) is -0.494. The fraction of sp³-hybridized carbons (Fsp3) is 0.440. The topological polar surface area (TPSA) is 99.5 Å². The Bertz CT molecular complexity index is 1330. The highest BCUT2D eigenvalue weighted by Crippen LogP contribution is 2.38. The molecule has 2 atom stereocenters. The molecule has 0 radical (unpaired) electrons. The smallest absolute Gasteiger partial charge is 0.392 e. The van der Waals surface area contributed by atoms with Gasteiger partial charge < -0.3 is 9.32 Å². The lowest BCUT2D eigenvalue weighted by Gasteiger charge is -2.37. The predicted octanol–water partition coefficient (Wildman–Crippen LogP) is 3.94. The number of anilines is 1. The van der Waals surface area contributed by atoms with Crippen LogP contribution in [0.15, 0.2) is 57.7 Å². The third kappa shape index (κ3) is 4.77.